The minimum atomic E-state index is -0.881. The predicted octanol–water partition coefficient (Wildman–Crippen LogP) is 5.46. The van der Waals surface area contributed by atoms with Gasteiger partial charge in [0.1, 0.15) is 5.82 Å². The summed E-state index contributed by atoms with van der Waals surface area (Å²) in [6.45, 7) is 6.67. The molecule has 0 spiro atoms. The second kappa shape index (κ2) is 10.6. The van der Waals surface area contributed by atoms with E-state index in [1.54, 1.807) is 0 Å². The third kappa shape index (κ3) is 5.26. The molecule has 39 heavy (non-hydrogen) atoms. The highest BCUT2D eigenvalue weighted by Crippen LogP contribution is 2.38. The molecule has 3 aromatic rings. The first-order valence-corrected chi connectivity index (χ1v) is 14.5. The van der Waals surface area contributed by atoms with Crippen LogP contribution in [-0.4, -0.2) is 47.9 Å². The largest absolute Gasteiger partial charge is 0.386 e. The lowest BCUT2D eigenvalue weighted by atomic mass is 9.86. The van der Waals surface area contributed by atoms with Crippen molar-refractivity contribution in [3.63, 3.8) is 0 Å². The van der Waals surface area contributed by atoms with Gasteiger partial charge in [-0.2, -0.15) is 5.26 Å². The zero-order valence-corrected chi connectivity index (χ0v) is 23.1. The second-order valence-corrected chi connectivity index (χ2v) is 12.0. The number of nitrogens with one attached hydrogen (secondary N) is 1. The van der Waals surface area contributed by atoms with E-state index in [4.69, 9.17) is 4.98 Å². The van der Waals surface area contributed by atoms with Crippen LogP contribution >= 0.6 is 0 Å². The number of rotatable bonds is 4. The van der Waals surface area contributed by atoms with Gasteiger partial charge in [-0.1, -0.05) is 31.0 Å². The Balaban J connectivity index is 1.33. The molecular weight excluding hydrogens is 482 g/mol. The molecule has 4 unspecified atom stereocenters. The maximum absolute atomic E-state index is 10.6. The molecule has 1 saturated carbocycles. The van der Waals surface area contributed by atoms with Crippen LogP contribution in [0.2, 0.25) is 0 Å². The van der Waals surface area contributed by atoms with Gasteiger partial charge in [-0.05, 0) is 92.3 Å². The van der Waals surface area contributed by atoms with Gasteiger partial charge in [-0.3, -0.25) is 0 Å². The molecule has 6 rings (SSSR count). The highest BCUT2D eigenvalue weighted by molar-refractivity contribution is 5.68. The van der Waals surface area contributed by atoms with Crippen molar-refractivity contribution in [2.75, 3.05) is 29.4 Å². The van der Waals surface area contributed by atoms with Crippen LogP contribution in [0.1, 0.15) is 57.1 Å². The first-order chi connectivity index (χ1) is 18.9. The van der Waals surface area contributed by atoms with Crippen molar-refractivity contribution < 1.29 is 5.11 Å². The minimum absolute atomic E-state index is 0.422. The smallest absolute Gasteiger partial charge is 0.129 e. The third-order valence-electron chi connectivity index (χ3n) is 9.05. The summed E-state index contributed by atoms with van der Waals surface area (Å²) < 4.78 is 0. The van der Waals surface area contributed by atoms with E-state index in [-0.39, 0.29) is 0 Å². The molecule has 0 amide bonds. The molecule has 1 aliphatic carbocycles. The number of benzene rings is 2. The number of aromatic nitrogens is 1. The fourth-order valence-electron chi connectivity index (χ4n) is 6.96. The molecule has 3 fully saturated rings. The number of aliphatic hydroxyl groups is 1. The van der Waals surface area contributed by atoms with Gasteiger partial charge in [0, 0.05) is 55.6 Å². The van der Waals surface area contributed by atoms with Crippen molar-refractivity contribution in [3.8, 4) is 17.2 Å². The van der Waals surface area contributed by atoms with Gasteiger partial charge in [-0.25, -0.2) is 4.98 Å². The fourth-order valence-corrected chi connectivity index (χ4v) is 6.96. The van der Waals surface area contributed by atoms with Crippen LogP contribution in [0.5, 0.6) is 0 Å². The van der Waals surface area contributed by atoms with Crippen LogP contribution in [0.3, 0.4) is 0 Å². The Morgan fingerprint density at radius 2 is 1.77 bits per heavy atom. The number of nitriles is 1. The van der Waals surface area contributed by atoms with E-state index in [0.29, 0.717) is 29.6 Å². The Morgan fingerprint density at radius 1 is 0.974 bits per heavy atom. The lowest BCUT2D eigenvalue weighted by molar-refractivity contribution is 0.0786. The summed E-state index contributed by atoms with van der Waals surface area (Å²) >= 11 is 0. The Morgan fingerprint density at radius 3 is 2.56 bits per heavy atom. The maximum Gasteiger partial charge on any atom is 0.129 e. The van der Waals surface area contributed by atoms with Gasteiger partial charge in [0.25, 0.3) is 0 Å². The van der Waals surface area contributed by atoms with Crippen LogP contribution in [0, 0.1) is 17.2 Å². The van der Waals surface area contributed by atoms with Crippen LogP contribution < -0.4 is 15.1 Å². The fraction of sp³-hybridized carbons (Fsp3) is 0.455. The molecule has 202 valence electrons. The number of piperidine rings is 1. The SMILES string of the molecule is CC(C)(O)c1cccc(-c2ccnc(N3C4CCN(c5ccc(C#N)cc5)CC4CNC4CCCCC43)c2)c1. The topological polar surface area (TPSA) is 75.4 Å². The molecule has 3 heterocycles. The number of hydrogen-bond acceptors (Lipinski definition) is 6. The molecular formula is C33H39N5O. The molecule has 6 heteroatoms. The van der Waals surface area contributed by atoms with Gasteiger partial charge >= 0.3 is 0 Å². The molecule has 2 saturated heterocycles. The van der Waals surface area contributed by atoms with Gasteiger partial charge in [-0.15, -0.1) is 0 Å². The van der Waals surface area contributed by atoms with Crippen molar-refractivity contribution >= 4 is 11.5 Å². The maximum atomic E-state index is 10.6. The Bertz CT molecular complexity index is 1340. The molecule has 0 bridgehead atoms. The van der Waals surface area contributed by atoms with E-state index in [1.807, 2.05) is 44.3 Å². The molecule has 6 nitrogen and oxygen atoms in total. The summed E-state index contributed by atoms with van der Waals surface area (Å²) in [6, 6.07) is 24.2. The highest BCUT2D eigenvalue weighted by atomic mass is 16.3. The number of pyridine rings is 1. The molecule has 4 atom stereocenters. The van der Waals surface area contributed by atoms with E-state index < -0.39 is 5.60 Å². The quantitative estimate of drug-likeness (QED) is 0.475. The van der Waals surface area contributed by atoms with Crippen molar-refractivity contribution in [1.82, 2.24) is 10.3 Å². The number of fused-ring (bicyclic) bond motifs is 2. The average Bonchev–Trinajstić information content (AvgIpc) is 3.13. The van der Waals surface area contributed by atoms with Gasteiger partial charge < -0.3 is 20.2 Å². The number of nitrogens with zero attached hydrogens (tertiary/aromatic N) is 4. The van der Waals surface area contributed by atoms with Crippen molar-refractivity contribution in [2.45, 2.75) is 69.7 Å². The monoisotopic (exact) mass is 521 g/mol. The summed E-state index contributed by atoms with van der Waals surface area (Å²) in [7, 11) is 0. The summed E-state index contributed by atoms with van der Waals surface area (Å²) in [5.74, 6) is 1.55. The Hall–Kier alpha value is -3.40. The Labute approximate surface area is 232 Å². The number of hydrogen-bond donors (Lipinski definition) is 2. The lowest BCUT2D eigenvalue weighted by Gasteiger charge is -2.47. The van der Waals surface area contributed by atoms with Crippen molar-refractivity contribution in [1.29, 1.82) is 5.26 Å². The first-order valence-electron chi connectivity index (χ1n) is 14.5. The van der Waals surface area contributed by atoms with E-state index >= 15 is 0 Å². The molecule has 1 aromatic heterocycles. The van der Waals surface area contributed by atoms with E-state index in [0.717, 1.165) is 48.6 Å². The molecule has 2 N–H and O–H groups in total. The summed E-state index contributed by atoms with van der Waals surface area (Å²) in [5.41, 5.74) is 4.20. The van der Waals surface area contributed by atoms with Crippen molar-refractivity contribution in [2.24, 2.45) is 5.92 Å². The van der Waals surface area contributed by atoms with Gasteiger partial charge in [0.2, 0.25) is 0 Å². The van der Waals surface area contributed by atoms with Crippen LogP contribution in [-0.2, 0) is 5.60 Å². The minimum Gasteiger partial charge on any atom is -0.386 e. The molecule has 2 aromatic carbocycles. The Kier molecular flexibility index (Phi) is 7.05. The molecule has 0 radical (unpaired) electrons. The second-order valence-electron chi connectivity index (χ2n) is 12.0. The zero-order valence-electron chi connectivity index (χ0n) is 23.1. The summed E-state index contributed by atoms with van der Waals surface area (Å²) in [6.07, 6.45) is 8.00. The van der Waals surface area contributed by atoms with Crippen LogP contribution in [0.15, 0.2) is 66.9 Å². The first kappa shape index (κ1) is 25.9. The van der Waals surface area contributed by atoms with Crippen molar-refractivity contribution in [3.05, 3.63) is 78.0 Å². The van der Waals surface area contributed by atoms with E-state index in [2.05, 4.69) is 57.6 Å². The summed E-state index contributed by atoms with van der Waals surface area (Å²) in [5, 5.41) is 23.8. The predicted molar refractivity (Wildman–Crippen MR) is 157 cm³/mol. The number of anilines is 2. The van der Waals surface area contributed by atoms with Crippen LogP contribution in [0.25, 0.3) is 11.1 Å². The lowest BCUT2D eigenvalue weighted by Crippen LogP contribution is -2.56. The van der Waals surface area contributed by atoms with Gasteiger partial charge in [0.15, 0.2) is 0 Å². The standard InChI is InChI=1S/C33H39N5O/c1-33(2,39)27-7-5-6-24(18-27)25-14-16-35-32(19-25)38-30-15-17-37(28-12-10-23(20-34)11-13-28)22-26(30)21-36-29-8-3-4-9-31(29)38/h5-7,10-14,16,18-19,26,29-31,36,39H,3-4,8-9,15,17,21-22H2,1-2H3. The third-order valence-corrected chi connectivity index (χ3v) is 9.05. The average molecular weight is 522 g/mol. The van der Waals surface area contributed by atoms with E-state index in [1.165, 1.54) is 31.4 Å². The van der Waals surface area contributed by atoms with Gasteiger partial charge in [0.05, 0.1) is 17.2 Å². The zero-order chi connectivity index (χ0) is 27.0. The normalized spacial score (nSPS) is 25.3. The van der Waals surface area contributed by atoms with Crippen LogP contribution in [0.4, 0.5) is 11.5 Å². The van der Waals surface area contributed by atoms with E-state index in [9.17, 15) is 10.4 Å². The molecule has 2 aliphatic heterocycles. The summed E-state index contributed by atoms with van der Waals surface area (Å²) in [4.78, 5) is 10.2. The molecule has 3 aliphatic rings. The highest BCUT2D eigenvalue weighted by Gasteiger charge is 2.43.